The van der Waals surface area contributed by atoms with E-state index in [0.717, 1.165) is 18.4 Å². The molecule has 0 bridgehead atoms. The average molecular weight is 664 g/mol. The lowest BCUT2D eigenvalue weighted by Crippen LogP contribution is -2.52. The van der Waals surface area contributed by atoms with E-state index in [1.807, 2.05) is 29.2 Å². The molecular formula is C33H39ClFN9O3. The number of aromatic nitrogens is 5. The quantitative estimate of drug-likeness (QED) is 0.230. The van der Waals surface area contributed by atoms with E-state index in [1.54, 1.807) is 41.4 Å². The summed E-state index contributed by atoms with van der Waals surface area (Å²) in [5, 5.41) is 14.1. The minimum atomic E-state index is -0.952. The summed E-state index contributed by atoms with van der Waals surface area (Å²) in [6.45, 7) is 2.80. The predicted molar refractivity (Wildman–Crippen MR) is 178 cm³/mol. The Morgan fingerprint density at radius 2 is 1.68 bits per heavy atom. The number of nitrogens with one attached hydrogen (secondary N) is 1. The van der Waals surface area contributed by atoms with Gasteiger partial charge in [-0.3, -0.25) is 14.5 Å². The van der Waals surface area contributed by atoms with Crippen molar-refractivity contribution in [3.8, 4) is 22.5 Å². The Morgan fingerprint density at radius 1 is 1.00 bits per heavy atom. The number of H-pyrrole nitrogens is 1. The summed E-state index contributed by atoms with van der Waals surface area (Å²) in [7, 11) is 0. The number of halogens is 2. The summed E-state index contributed by atoms with van der Waals surface area (Å²) < 4.78 is 21.0. The molecule has 0 spiro atoms. The van der Waals surface area contributed by atoms with Gasteiger partial charge in [-0.2, -0.15) is 5.21 Å². The fourth-order valence-corrected chi connectivity index (χ4v) is 6.37. The van der Waals surface area contributed by atoms with Crippen molar-refractivity contribution >= 4 is 35.7 Å². The highest BCUT2D eigenvalue weighted by atomic mass is 35.5. The normalized spacial score (nSPS) is 18.6. The van der Waals surface area contributed by atoms with Gasteiger partial charge >= 0.3 is 0 Å². The first kappa shape index (κ1) is 33.9. The molecule has 1 atom stereocenters. The van der Waals surface area contributed by atoms with Gasteiger partial charge in [0.05, 0.1) is 13.2 Å². The number of aromatic amines is 1. The van der Waals surface area contributed by atoms with Crippen molar-refractivity contribution in [2.45, 2.75) is 38.1 Å². The molecule has 248 valence electrons. The number of primary amides is 1. The molecule has 2 aromatic heterocycles. The highest BCUT2D eigenvalue weighted by Crippen LogP contribution is 2.34. The summed E-state index contributed by atoms with van der Waals surface area (Å²) in [5.74, 6) is -0.287. The Labute approximate surface area is 278 Å². The monoisotopic (exact) mass is 663 g/mol. The highest BCUT2D eigenvalue weighted by Gasteiger charge is 2.36. The third-order valence-corrected chi connectivity index (χ3v) is 9.03. The molecule has 6 rings (SSSR count). The molecule has 5 N–H and O–H groups in total. The molecule has 12 nitrogen and oxygen atoms in total. The number of hydrogen-bond donors (Lipinski definition) is 3. The molecule has 1 saturated carbocycles. The van der Waals surface area contributed by atoms with Crippen LogP contribution in [0.1, 0.15) is 31.2 Å². The van der Waals surface area contributed by atoms with Gasteiger partial charge in [-0.25, -0.2) is 9.37 Å². The Kier molecular flexibility index (Phi) is 11.1. The van der Waals surface area contributed by atoms with Crippen LogP contribution in [-0.4, -0.2) is 76.3 Å². The van der Waals surface area contributed by atoms with Crippen molar-refractivity contribution in [1.82, 2.24) is 25.6 Å². The Morgan fingerprint density at radius 3 is 2.30 bits per heavy atom. The molecule has 1 saturated heterocycles. The largest absolute Gasteiger partial charge is 0.378 e. The molecule has 1 aliphatic heterocycles. The molecule has 0 radical (unpaired) electrons. The van der Waals surface area contributed by atoms with Crippen molar-refractivity contribution in [2.24, 2.45) is 23.3 Å². The van der Waals surface area contributed by atoms with Gasteiger partial charge in [0, 0.05) is 48.4 Å². The van der Waals surface area contributed by atoms with Crippen LogP contribution in [0.4, 0.5) is 15.9 Å². The standard InChI is InChI=1S/C33H38FN9O3.ClH/c34-29-27(13-14-37-32(29)42-15-17-46-18-16-42)23-5-1-21(2-6-23)19-28(30(36)44)43(33(45)25-7-3-22(20-35)4-8-25)26-11-9-24(10-12-26)31-38-40-41-39-31;/h1-2,5-6,9-14,22,25,28H,3-4,7-8,15-20,35H2,(H2,36,44)(H,38,39,40,41);1H/t22-,25-,28-;/m0./s1. The Bertz CT molecular complexity index is 1630. The Balaban J connectivity index is 0.00000433. The van der Waals surface area contributed by atoms with Gasteiger partial charge in [-0.15, -0.1) is 22.6 Å². The van der Waals surface area contributed by atoms with Crippen LogP contribution < -0.4 is 21.3 Å². The number of rotatable bonds is 10. The van der Waals surface area contributed by atoms with Crippen LogP contribution in [0.15, 0.2) is 60.8 Å². The average Bonchev–Trinajstić information content (AvgIpc) is 3.64. The molecule has 0 unspecified atom stereocenters. The van der Waals surface area contributed by atoms with E-state index in [0.29, 0.717) is 85.6 Å². The van der Waals surface area contributed by atoms with Gasteiger partial charge < -0.3 is 21.1 Å². The number of nitrogens with two attached hydrogens (primary N) is 2. The van der Waals surface area contributed by atoms with Gasteiger partial charge in [-0.05, 0) is 84.8 Å². The summed E-state index contributed by atoms with van der Waals surface area (Å²) in [6, 6.07) is 15.1. The SMILES string of the molecule is Cl.NC[C@H]1CC[C@H](C(=O)N(c2ccc(-c3nn[nH]n3)cc2)[C@@H](Cc2ccc(-c3ccnc(N4CCOCC4)c3F)cc2)C(N)=O)CC1. The lowest BCUT2D eigenvalue weighted by atomic mass is 9.81. The van der Waals surface area contributed by atoms with E-state index in [4.69, 9.17) is 16.2 Å². The van der Waals surface area contributed by atoms with Crippen LogP contribution in [0.3, 0.4) is 0 Å². The summed E-state index contributed by atoms with van der Waals surface area (Å²) in [4.78, 5) is 35.0. The first-order chi connectivity index (χ1) is 22.4. The van der Waals surface area contributed by atoms with Gasteiger partial charge in [0.1, 0.15) is 6.04 Å². The van der Waals surface area contributed by atoms with Crippen LogP contribution in [0.25, 0.3) is 22.5 Å². The molecule has 47 heavy (non-hydrogen) atoms. The number of anilines is 2. The third kappa shape index (κ3) is 7.58. The maximum absolute atomic E-state index is 15.6. The molecule has 2 aromatic carbocycles. The highest BCUT2D eigenvalue weighted by molar-refractivity contribution is 6.01. The predicted octanol–water partition coefficient (Wildman–Crippen LogP) is 3.52. The lowest BCUT2D eigenvalue weighted by molar-refractivity contribution is -0.127. The number of tetrazole rings is 1. The second-order valence-electron chi connectivity index (χ2n) is 11.9. The molecule has 2 amide bonds. The van der Waals surface area contributed by atoms with Gasteiger partial charge in [0.2, 0.25) is 17.6 Å². The van der Waals surface area contributed by atoms with Gasteiger partial charge in [0.25, 0.3) is 0 Å². The molecule has 2 fully saturated rings. The van der Waals surface area contributed by atoms with E-state index >= 15 is 4.39 Å². The number of morpholine rings is 1. The number of benzene rings is 2. The minimum Gasteiger partial charge on any atom is -0.378 e. The van der Waals surface area contributed by atoms with E-state index in [1.165, 1.54) is 0 Å². The summed E-state index contributed by atoms with van der Waals surface area (Å²) in [6.07, 6.45) is 4.90. The zero-order chi connectivity index (χ0) is 32.0. The fourth-order valence-electron chi connectivity index (χ4n) is 6.37. The zero-order valence-corrected chi connectivity index (χ0v) is 26.7. The van der Waals surface area contributed by atoms with Crippen LogP contribution in [0.2, 0.25) is 0 Å². The first-order valence-corrected chi connectivity index (χ1v) is 15.7. The molecule has 1 aliphatic carbocycles. The topological polar surface area (TPSA) is 169 Å². The van der Waals surface area contributed by atoms with Gasteiger partial charge in [-0.1, -0.05) is 24.3 Å². The number of ether oxygens (including phenoxy) is 1. The smallest absolute Gasteiger partial charge is 0.240 e. The fraction of sp³-hybridized carbons (Fsp3) is 0.394. The van der Waals surface area contributed by atoms with Crippen LogP contribution in [0.5, 0.6) is 0 Å². The number of carbonyl (C=O) groups is 2. The van der Waals surface area contributed by atoms with E-state index < -0.39 is 17.8 Å². The molecule has 4 aromatic rings. The number of hydrogen-bond acceptors (Lipinski definition) is 9. The van der Waals surface area contributed by atoms with E-state index in [2.05, 4.69) is 25.6 Å². The summed E-state index contributed by atoms with van der Waals surface area (Å²) >= 11 is 0. The van der Waals surface area contributed by atoms with E-state index in [9.17, 15) is 9.59 Å². The molecule has 3 heterocycles. The van der Waals surface area contributed by atoms with Crippen molar-refractivity contribution in [2.75, 3.05) is 42.6 Å². The molecular weight excluding hydrogens is 625 g/mol. The second kappa shape index (κ2) is 15.4. The first-order valence-electron chi connectivity index (χ1n) is 15.7. The van der Waals surface area contributed by atoms with Crippen molar-refractivity contribution in [1.29, 1.82) is 0 Å². The third-order valence-electron chi connectivity index (χ3n) is 9.03. The van der Waals surface area contributed by atoms with Crippen LogP contribution in [-0.2, 0) is 20.7 Å². The van der Waals surface area contributed by atoms with Crippen molar-refractivity contribution < 1.29 is 18.7 Å². The number of pyridine rings is 1. The zero-order valence-electron chi connectivity index (χ0n) is 25.9. The lowest BCUT2D eigenvalue weighted by Gasteiger charge is -2.35. The number of amides is 2. The van der Waals surface area contributed by atoms with Crippen molar-refractivity contribution in [3.05, 3.63) is 72.2 Å². The molecule has 2 aliphatic rings. The Hall–Kier alpha value is -4.46. The minimum absolute atomic E-state index is 0. The van der Waals surface area contributed by atoms with Crippen LogP contribution >= 0.6 is 12.4 Å². The maximum Gasteiger partial charge on any atom is 0.240 e. The van der Waals surface area contributed by atoms with E-state index in [-0.39, 0.29) is 30.7 Å². The van der Waals surface area contributed by atoms with Crippen LogP contribution in [0, 0.1) is 17.7 Å². The van der Waals surface area contributed by atoms with Crippen molar-refractivity contribution in [3.63, 3.8) is 0 Å². The number of nitrogens with zero attached hydrogens (tertiary/aromatic N) is 6. The van der Waals surface area contributed by atoms with Gasteiger partial charge in [0.15, 0.2) is 11.6 Å². The number of carbonyl (C=O) groups excluding carboxylic acids is 2. The maximum atomic E-state index is 15.6. The second-order valence-corrected chi connectivity index (χ2v) is 11.9. The molecule has 14 heteroatoms. The summed E-state index contributed by atoms with van der Waals surface area (Å²) in [5.41, 5.74) is 15.1.